The van der Waals surface area contributed by atoms with Crippen LogP contribution in [0, 0.1) is 5.92 Å². The van der Waals surface area contributed by atoms with Gasteiger partial charge in [-0.15, -0.1) is 0 Å². The second kappa shape index (κ2) is 4.52. The molecule has 1 nitrogen and oxygen atoms in total. The van der Waals surface area contributed by atoms with E-state index in [4.69, 9.17) is 0 Å². The van der Waals surface area contributed by atoms with E-state index in [1.807, 2.05) is 0 Å². The molecular formula is C10H19NS. The van der Waals surface area contributed by atoms with E-state index in [1.165, 1.54) is 50.2 Å². The Bertz CT molecular complexity index is 124. The molecule has 0 aromatic rings. The molecule has 1 atom stereocenters. The van der Waals surface area contributed by atoms with Gasteiger partial charge in [0, 0.05) is 11.8 Å². The number of thioether (sulfide) groups is 1. The largest absolute Gasteiger partial charge is 0.313 e. The van der Waals surface area contributed by atoms with Gasteiger partial charge in [-0.3, -0.25) is 0 Å². The molecule has 0 bridgehead atoms. The summed E-state index contributed by atoms with van der Waals surface area (Å²) in [6, 6.07) is 0.847. The second-order valence-corrected chi connectivity index (χ2v) is 5.18. The molecule has 0 spiro atoms. The third-order valence-electron chi connectivity index (χ3n) is 3.14. The van der Waals surface area contributed by atoms with Crippen molar-refractivity contribution in [2.75, 3.05) is 18.1 Å². The van der Waals surface area contributed by atoms with Gasteiger partial charge in [0.05, 0.1) is 0 Å². The average Bonchev–Trinajstić information content (AvgIpc) is 2.48. The Labute approximate surface area is 79.7 Å². The third kappa shape index (κ3) is 2.17. The SMILES string of the molecule is C1CNC(C2CCCC2)CSC1. The number of hydrogen-bond donors (Lipinski definition) is 1. The van der Waals surface area contributed by atoms with E-state index in [0.29, 0.717) is 0 Å². The van der Waals surface area contributed by atoms with E-state index in [0.717, 1.165) is 12.0 Å². The van der Waals surface area contributed by atoms with Gasteiger partial charge in [-0.2, -0.15) is 11.8 Å². The van der Waals surface area contributed by atoms with E-state index in [2.05, 4.69) is 17.1 Å². The fraction of sp³-hybridized carbons (Fsp3) is 1.00. The molecule has 2 heteroatoms. The summed E-state index contributed by atoms with van der Waals surface area (Å²) in [5.74, 6) is 3.75. The number of rotatable bonds is 1. The lowest BCUT2D eigenvalue weighted by Crippen LogP contribution is -2.36. The molecule has 0 aromatic heterocycles. The Balaban J connectivity index is 1.83. The van der Waals surface area contributed by atoms with E-state index in [-0.39, 0.29) is 0 Å². The van der Waals surface area contributed by atoms with Crippen LogP contribution in [-0.2, 0) is 0 Å². The summed E-state index contributed by atoms with van der Waals surface area (Å²) >= 11 is 2.15. The quantitative estimate of drug-likeness (QED) is 0.672. The molecule has 2 rings (SSSR count). The molecule has 1 aliphatic carbocycles. The van der Waals surface area contributed by atoms with Crippen molar-refractivity contribution in [1.82, 2.24) is 5.32 Å². The predicted octanol–water partition coefficient (Wildman–Crippen LogP) is 2.27. The summed E-state index contributed by atoms with van der Waals surface area (Å²) in [5.41, 5.74) is 0. The highest BCUT2D eigenvalue weighted by Crippen LogP contribution is 2.29. The van der Waals surface area contributed by atoms with Crippen LogP contribution in [0.2, 0.25) is 0 Å². The summed E-state index contributed by atoms with van der Waals surface area (Å²) in [5, 5.41) is 3.70. The molecule has 0 aromatic carbocycles. The summed E-state index contributed by atoms with van der Waals surface area (Å²) in [6.45, 7) is 1.26. The first kappa shape index (κ1) is 8.89. The Morgan fingerprint density at radius 1 is 1.08 bits per heavy atom. The van der Waals surface area contributed by atoms with Crippen LogP contribution in [0.5, 0.6) is 0 Å². The lowest BCUT2D eigenvalue weighted by molar-refractivity contribution is 0.392. The molecule has 1 unspecified atom stereocenters. The Morgan fingerprint density at radius 2 is 1.92 bits per heavy atom. The van der Waals surface area contributed by atoms with Crippen molar-refractivity contribution < 1.29 is 0 Å². The minimum absolute atomic E-state index is 0.847. The van der Waals surface area contributed by atoms with E-state index in [1.54, 1.807) is 0 Å². The van der Waals surface area contributed by atoms with Crippen molar-refractivity contribution in [1.29, 1.82) is 0 Å². The van der Waals surface area contributed by atoms with Crippen molar-refractivity contribution in [3.05, 3.63) is 0 Å². The predicted molar refractivity (Wildman–Crippen MR) is 55.7 cm³/mol. The average molecular weight is 185 g/mol. The number of nitrogens with one attached hydrogen (secondary N) is 1. The monoisotopic (exact) mass is 185 g/mol. The normalized spacial score (nSPS) is 33.5. The molecule has 12 heavy (non-hydrogen) atoms. The molecule has 2 fully saturated rings. The minimum atomic E-state index is 0.847. The Hall–Kier alpha value is 0.310. The van der Waals surface area contributed by atoms with Crippen LogP contribution in [0.1, 0.15) is 32.1 Å². The van der Waals surface area contributed by atoms with Crippen LogP contribution in [0.15, 0.2) is 0 Å². The van der Waals surface area contributed by atoms with Crippen molar-refractivity contribution in [2.45, 2.75) is 38.1 Å². The van der Waals surface area contributed by atoms with Gasteiger partial charge in [0.15, 0.2) is 0 Å². The first-order valence-corrected chi connectivity index (χ1v) is 6.43. The minimum Gasteiger partial charge on any atom is -0.313 e. The maximum absolute atomic E-state index is 3.70. The van der Waals surface area contributed by atoms with Gasteiger partial charge < -0.3 is 5.32 Å². The highest BCUT2D eigenvalue weighted by Gasteiger charge is 2.25. The summed E-state index contributed by atoms with van der Waals surface area (Å²) < 4.78 is 0. The van der Waals surface area contributed by atoms with Crippen molar-refractivity contribution in [3.63, 3.8) is 0 Å². The van der Waals surface area contributed by atoms with Gasteiger partial charge in [0.2, 0.25) is 0 Å². The molecule has 1 aliphatic heterocycles. The summed E-state index contributed by atoms with van der Waals surface area (Å²) in [7, 11) is 0. The van der Waals surface area contributed by atoms with Gasteiger partial charge in [-0.05, 0) is 37.5 Å². The zero-order valence-corrected chi connectivity index (χ0v) is 8.54. The van der Waals surface area contributed by atoms with Crippen LogP contribution < -0.4 is 5.32 Å². The highest BCUT2D eigenvalue weighted by molar-refractivity contribution is 7.99. The highest BCUT2D eigenvalue weighted by atomic mass is 32.2. The Kier molecular flexibility index (Phi) is 3.35. The standard InChI is InChI=1S/C10H19NS/c1-2-5-9(4-1)10-8-12-7-3-6-11-10/h9-11H,1-8H2. The fourth-order valence-corrected chi connectivity index (χ4v) is 3.55. The molecule has 1 saturated carbocycles. The van der Waals surface area contributed by atoms with E-state index >= 15 is 0 Å². The van der Waals surface area contributed by atoms with Crippen LogP contribution in [0.3, 0.4) is 0 Å². The second-order valence-electron chi connectivity index (χ2n) is 4.03. The molecule has 0 amide bonds. The van der Waals surface area contributed by atoms with Crippen molar-refractivity contribution in [2.24, 2.45) is 5.92 Å². The molecule has 0 radical (unpaired) electrons. The molecule has 1 heterocycles. The van der Waals surface area contributed by atoms with Gasteiger partial charge in [-0.25, -0.2) is 0 Å². The fourth-order valence-electron chi connectivity index (χ4n) is 2.39. The topological polar surface area (TPSA) is 12.0 Å². The molecule has 2 aliphatic rings. The molecule has 1 N–H and O–H groups in total. The molecule has 70 valence electrons. The summed E-state index contributed by atoms with van der Waals surface area (Å²) in [6.07, 6.45) is 7.30. The van der Waals surface area contributed by atoms with E-state index < -0.39 is 0 Å². The molecular weight excluding hydrogens is 166 g/mol. The lowest BCUT2D eigenvalue weighted by Gasteiger charge is -2.21. The Morgan fingerprint density at radius 3 is 2.75 bits per heavy atom. The van der Waals surface area contributed by atoms with Gasteiger partial charge in [0.25, 0.3) is 0 Å². The zero-order chi connectivity index (χ0) is 8.23. The zero-order valence-electron chi connectivity index (χ0n) is 7.72. The van der Waals surface area contributed by atoms with Crippen LogP contribution >= 0.6 is 11.8 Å². The lowest BCUT2D eigenvalue weighted by atomic mass is 10.00. The summed E-state index contributed by atoms with van der Waals surface area (Å²) in [4.78, 5) is 0. The number of hydrogen-bond acceptors (Lipinski definition) is 2. The van der Waals surface area contributed by atoms with E-state index in [9.17, 15) is 0 Å². The van der Waals surface area contributed by atoms with Gasteiger partial charge in [-0.1, -0.05) is 12.8 Å². The maximum atomic E-state index is 3.70. The van der Waals surface area contributed by atoms with Crippen LogP contribution in [-0.4, -0.2) is 24.1 Å². The molecule has 1 saturated heterocycles. The van der Waals surface area contributed by atoms with Gasteiger partial charge in [0.1, 0.15) is 0 Å². The first-order valence-electron chi connectivity index (χ1n) is 5.28. The van der Waals surface area contributed by atoms with Crippen molar-refractivity contribution in [3.8, 4) is 0 Å². The van der Waals surface area contributed by atoms with Crippen molar-refractivity contribution >= 4 is 11.8 Å². The van der Waals surface area contributed by atoms with Crippen LogP contribution in [0.25, 0.3) is 0 Å². The third-order valence-corrected chi connectivity index (χ3v) is 4.31. The maximum Gasteiger partial charge on any atom is 0.0186 e. The van der Waals surface area contributed by atoms with Crippen LogP contribution in [0.4, 0.5) is 0 Å². The van der Waals surface area contributed by atoms with Gasteiger partial charge >= 0.3 is 0 Å². The first-order chi connectivity index (χ1) is 5.97. The smallest absolute Gasteiger partial charge is 0.0186 e.